The molecule has 0 spiro atoms. The van der Waals surface area contributed by atoms with Crippen LogP contribution in [0.2, 0.25) is 5.02 Å². The Kier molecular flexibility index (Phi) is 3.41. The van der Waals surface area contributed by atoms with Gasteiger partial charge in [-0.15, -0.1) is 0 Å². The molecule has 1 aromatic heterocycles. The van der Waals surface area contributed by atoms with E-state index < -0.39 is 0 Å². The molecule has 2 aromatic carbocycles. The maximum Gasteiger partial charge on any atom is 0.323 e. The van der Waals surface area contributed by atoms with Gasteiger partial charge in [0.25, 0.3) is 0 Å². The van der Waals surface area contributed by atoms with Crippen LogP contribution in [0.4, 0.5) is 0 Å². The zero-order chi connectivity index (χ0) is 14.3. The van der Waals surface area contributed by atoms with Gasteiger partial charge >= 0.3 is 5.69 Å². The molecule has 4 N–H and O–H groups in total. The summed E-state index contributed by atoms with van der Waals surface area (Å²) >= 11 is 9.61. The third-order valence-electron chi connectivity index (χ3n) is 3.19. The van der Waals surface area contributed by atoms with Crippen molar-refractivity contribution in [1.29, 1.82) is 0 Å². The van der Waals surface area contributed by atoms with Crippen molar-refractivity contribution in [2.24, 2.45) is 5.73 Å². The number of H-pyrrole nitrogens is 2. The Hall–Kier alpha value is -1.56. The number of fused-ring (bicyclic) bond motifs is 1. The van der Waals surface area contributed by atoms with Crippen molar-refractivity contribution in [3.05, 3.63) is 67.5 Å². The van der Waals surface area contributed by atoms with Crippen LogP contribution in [0.3, 0.4) is 0 Å². The summed E-state index contributed by atoms with van der Waals surface area (Å²) < 4.78 is 0.920. The van der Waals surface area contributed by atoms with Crippen molar-refractivity contribution in [1.82, 2.24) is 9.97 Å². The van der Waals surface area contributed by atoms with Gasteiger partial charge in [-0.1, -0.05) is 33.6 Å². The molecular formula is C14H11BrClN3O. The molecule has 3 rings (SSSR count). The molecule has 1 atom stereocenters. The van der Waals surface area contributed by atoms with E-state index >= 15 is 0 Å². The normalized spacial score (nSPS) is 12.8. The largest absolute Gasteiger partial charge is 0.323 e. The second-order valence-corrected chi connectivity index (χ2v) is 5.85. The van der Waals surface area contributed by atoms with Crippen molar-refractivity contribution in [2.45, 2.75) is 6.04 Å². The van der Waals surface area contributed by atoms with Crippen LogP contribution in [-0.2, 0) is 0 Å². The first-order valence-corrected chi connectivity index (χ1v) is 7.14. The molecule has 0 radical (unpaired) electrons. The molecule has 0 fully saturated rings. The molecule has 6 heteroatoms. The first kappa shape index (κ1) is 13.4. The number of hydrogen-bond acceptors (Lipinski definition) is 2. The van der Waals surface area contributed by atoms with E-state index in [1.54, 1.807) is 6.07 Å². The predicted octanol–water partition coefficient (Wildman–Crippen LogP) is 3.32. The minimum absolute atomic E-state index is 0.230. The molecule has 3 aromatic rings. The summed E-state index contributed by atoms with van der Waals surface area (Å²) in [7, 11) is 0. The molecule has 0 amide bonds. The molecule has 0 saturated heterocycles. The molecule has 20 heavy (non-hydrogen) atoms. The second kappa shape index (κ2) is 5.09. The number of aromatic amines is 2. The fourth-order valence-corrected chi connectivity index (χ4v) is 2.79. The maximum atomic E-state index is 11.3. The van der Waals surface area contributed by atoms with Crippen molar-refractivity contribution in [3.63, 3.8) is 0 Å². The first-order valence-electron chi connectivity index (χ1n) is 5.97. The molecule has 0 saturated carbocycles. The Morgan fingerprint density at radius 3 is 2.65 bits per heavy atom. The fraction of sp³-hybridized carbons (Fsp3) is 0.0714. The maximum absolute atomic E-state index is 11.3. The number of nitrogens with two attached hydrogens (primary N) is 1. The van der Waals surface area contributed by atoms with Crippen molar-refractivity contribution < 1.29 is 0 Å². The molecule has 1 unspecified atom stereocenters. The Balaban J connectivity index is 2.09. The Morgan fingerprint density at radius 2 is 1.85 bits per heavy atom. The molecule has 0 bridgehead atoms. The third-order valence-corrected chi connectivity index (χ3v) is 4.03. The zero-order valence-corrected chi connectivity index (χ0v) is 12.6. The van der Waals surface area contributed by atoms with Gasteiger partial charge in [-0.2, -0.15) is 0 Å². The van der Waals surface area contributed by atoms with Gasteiger partial charge in [0, 0.05) is 9.50 Å². The zero-order valence-electron chi connectivity index (χ0n) is 10.3. The lowest BCUT2D eigenvalue weighted by molar-refractivity contribution is 0.872. The minimum Gasteiger partial charge on any atom is -0.320 e. The predicted molar refractivity (Wildman–Crippen MR) is 84.1 cm³/mol. The Labute approximate surface area is 128 Å². The SMILES string of the molecule is NC(c1ccc2[nH]c(=O)[nH]c2c1)c1cc(Br)ccc1Cl. The van der Waals surface area contributed by atoms with E-state index in [9.17, 15) is 4.79 Å². The van der Waals surface area contributed by atoms with E-state index in [0.717, 1.165) is 26.6 Å². The van der Waals surface area contributed by atoms with Gasteiger partial charge in [-0.3, -0.25) is 0 Å². The summed E-state index contributed by atoms with van der Waals surface area (Å²) in [6, 6.07) is 10.8. The number of rotatable bonds is 2. The van der Waals surface area contributed by atoms with Crippen LogP contribution >= 0.6 is 27.5 Å². The minimum atomic E-state index is -0.359. The number of aromatic nitrogens is 2. The molecule has 0 aliphatic heterocycles. The van der Waals surface area contributed by atoms with E-state index in [1.165, 1.54) is 0 Å². The monoisotopic (exact) mass is 351 g/mol. The topological polar surface area (TPSA) is 74.7 Å². The van der Waals surface area contributed by atoms with E-state index in [2.05, 4.69) is 25.9 Å². The highest BCUT2D eigenvalue weighted by molar-refractivity contribution is 9.10. The summed E-state index contributed by atoms with van der Waals surface area (Å²) in [5, 5.41) is 0.614. The molecule has 0 aliphatic carbocycles. The average molecular weight is 353 g/mol. The summed E-state index contributed by atoms with van der Waals surface area (Å²) in [6.45, 7) is 0. The van der Waals surface area contributed by atoms with Gasteiger partial charge < -0.3 is 15.7 Å². The van der Waals surface area contributed by atoms with Gasteiger partial charge in [-0.05, 0) is 41.5 Å². The Bertz CT molecular complexity index is 840. The number of halogens is 2. The van der Waals surface area contributed by atoms with Crippen LogP contribution < -0.4 is 11.4 Å². The standard InChI is InChI=1S/C14H11BrClN3O/c15-8-2-3-10(16)9(6-8)13(17)7-1-4-11-12(5-7)19-14(20)18-11/h1-6,13H,17H2,(H2,18,19,20). The van der Waals surface area contributed by atoms with Crippen LogP contribution in [0.1, 0.15) is 17.2 Å². The van der Waals surface area contributed by atoms with Crippen LogP contribution in [0.25, 0.3) is 11.0 Å². The lowest BCUT2D eigenvalue weighted by Crippen LogP contribution is -2.12. The van der Waals surface area contributed by atoms with Crippen molar-refractivity contribution >= 4 is 38.6 Å². The van der Waals surface area contributed by atoms with Gasteiger partial charge in [0.2, 0.25) is 0 Å². The molecular weight excluding hydrogens is 342 g/mol. The van der Waals surface area contributed by atoms with Gasteiger partial charge in [0.15, 0.2) is 0 Å². The highest BCUT2D eigenvalue weighted by Gasteiger charge is 2.14. The highest BCUT2D eigenvalue weighted by atomic mass is 79.9. The molecule has 0 aliphatic rings. The summed E-state index contributed by atoms with van der Waals surface area (Å²) in [4.78, 5) is 16.7. The van der Waals surface area contributed by atoms with Gasteiger partial charge in [0.1, 0.15) is 0 Å². The van der Waals surface area contributed by atoms with E-state index in [0.29, 0.717) is 5.02 Å². The average Bonchev–Trinajstić information content (AvgIpc) is 2.79. The van der Waals surface area contributed by atoms with E-state index in [4.69, 9.17) is 17.3 Å². The van der Waals surface area contributed by atoms with Crippen LogP contribution in [0, 0.1) is 0 Å². The van der Waals surface area contributed by atoms with E-state index in [-0.39, 0.29) is 11.7 Å². The lowest BCUT2D eigenvalue weighted by atomic mass is 9.99. The molecule has 1 heterocycles. The number of nitrogens with one attached hydrogen (secondary N) is 2. The first-order chi connectivity index (χ1) is 9.54. The number of imidazole rings is 1. The molecule has 102 valence electrons. The second-order valence-electron chi connectivity index (χ2n) is 4.53. The van der Waals surface area contributed by atoms with Gasteiger partial charge in [0.05, 0.1) is 17.1 Å². The third kappa shape index (κ3) is 2.40. The van der Waals surface area contributed by atoms with Crippen LogP contribution in [-0.4, -0.2) is 9.97 Å². The number of hydrogen-bond donors (Lipinski definition) is 3. The smallest absolute Gasteiger partial charge is 0.320 e. The van der Waals surface area contributed by atoms with Crippen LogP contribution in [0.5, 0.6) is 0 Å². The quantitative estimate of drug-likeness (QED) is 0.662. The lowest BCUT2D eigenvalue weighted by Gasteiger charge is -2.14. The summed E-state index contributed by atoms with van der Waals surface area (Å²) in [5.74, 6) is 0. The van der Waals surface area contributed by atoms with E-state index in [1.807, 2.05) is 30.3 Å². The summed E-state index contributed by atoms with van der Waals surface area (Å²) in [6.07, 6.45) is 0. The molecule has 4 nitrogen and oxygen atoms in total. The number of benzene rings is 2. The van der Waals surface area contributed by atoms with Crippen molar-refractivity contribution in [2.75, 3.05) is 0 Å². The van der Waals surface area contributed by atoms with Crippen LogP contribution in [0.15, 0.2) is 45.7 Å². The Morgan fingerprint density at radius 1 is 1.10 bits per heavy atom. The highest BCUT2D eigenvalue weighted by Crippen LogP contribution is 2.30. The van der Waals surface area contributed by atoms with Crippen molar-refractivity contribution in [3.8, 4) is 0 Å². The van der Waals surface area contributed by atoms with Gasteiger partial charge in [-0.25, -0.2) is 4.79 Å². The fourth-order valence-electron chi connectivity index (χ4n) is 2.18. The summed E-state index contributed by atoms with van der Waals surface area (Å²) in [5.41, 5.74) is 9.25.